The summed E-state index contributed by atoms with van der Waals surface area (Å²) >= 11 is 0. The number of fused-ring (bicyclic) bond motifs is 1. The van der Waals surface area contributed by atoms with Gasteiger partial charge in [-0.25, -0.2) is 8.78 Å². The molecule has 3 N–H and O–H groups in total. The molecule has 2 aromatic carbocycles. The van der Waals surface area contributed by atoms with E-state index in [0.717, 1.165) is 28.5 Å². The van der Waals surface area contributed by atoms with Crippen molar-refractivity contribution < 1.29 is 8.78 Å². The second-order valence-corrected chi connectivity index (χ2v) is 6.79. The smallest absolute Gasteiger partial charge is 0.191 e. The van der Waals surface area contributed by atoms with Crippen LogP contribution in [0.25, 0.3) is 10.9 Å². The largest absolute Gasteiger partial charge is 0.375 e. The van der Waals surface area contributed by atoms with Crippen LogP contribution in [-0.4, -0.2) is 38.6 Å². The number of aromatic amines is 1. The molecule has 28 heavy (non-hydrogen) atoms. The quantitative estimate of drug-likeness (QED) is 0.450. The van der Waals surface area contributed by atoms with Crippen molar-refractivity contribution in [2.24, 2.45) is 4.99 Å². The van der Waals surface area contributed by atoms with Crippen LogP contribution in [0.5, 0.6) is 0 Å². The summed E-state index contributed by atoms with van der Waals surface area (Å²) in [5, 5.41) is 7.45. The molecule has 0 atom stereocenters. The molecule has 0 radical (unpaired) electrons. The highest BCUT2D eigenvalue weighted by Gasteiger charge is 2.07. The molecule has 0 unspecified atom stereocenters. The van der Waals surface area contributed by atoms with Gasteiger partial charge in [0.05, 0.1) is 5.69 Å². The summed E-state index contributed by atoms with van der Waals surface area (Å²) < 4.78 is 27.4. The van der Waals surface area contributed by atoms with Crippen LogP contribution in [-0.2, 0) is 13.0 Å². The van der Waals surface area contributed by atoms with Crippen molar-refractivity contribution in [2.75, 3.05) is 32.6 Å². The molecule has 5 nitrogen and oxygen atoms in total. The molecular weight excluding hydrogens is 360 g/mol. The predicted octanol–water partition coefficient (Wildman–Crippen LogP) is 3.42. The molecule has 3 rings (SSSR count). The summed E-state index contributed by atoms with van der Waals surface area (Å²) in [7, 11) is 5.32. The minimum absolute atomic E-state index is 0.247. The number of H-pyrrole nitrogens is 1. The van der Waals surface area contributed by atoms with E-state index < -0.39 is 0 Å². The van der Waals surface area contributed by atoms with Gasteiger partial charge < -0.3 is 20.5 Å². The summed E-state index contributed by atoms with van der Waals surface area (Å²) in [6, 6.07) is 9.93. The fraction of sp³-hybridized carbons (Fsp3) is 0.286. The van der Waals surface area contributed by atoms with Crippen LogP contribution < -0.4 is 15.5 Å². The van der Waals surface area contributed by atoms with E-state index in [2.05, 4.69) is 20.6 Å². The summed E-state index contributed by atoms with van der Waals surface area (Å²) in [6.07, 6.45) is 2.66. The number of anilines is 1. The fourth-order valence-corrected chi connectivity index (χ4v) is 3.11. The molecule has 3 aromatic rings. The third-order valence-electron chi connectivity index (χ3n) is 4.59. The fourth-order valence-electron chi connectivity index (χ4n) is 3.11. The second kappa shape index (κ2) is 8.73. The van der Waals surface area contributed by atoms with E-state index in [1.165, 1.54) is 18.2 Å². The Morgan fingerprint density at radius 3 is 2.64 bits per heavy atom. The van der Waals surface area contributed by atoms with Crippen molar-refractivity contribution in [3.05, 3.63) is 65.4 Å². The van der Waals surface area contributed by atoms with Gasteiger partial charge >= 0.3 is 0 Å². The molecule has 0 saturated carbocycles. The number of halogens is 2. The standard InChI is InChI=1S/C21H25F2N5/c1-24-21(27-12-14-4-7-20(28(2)3)18(23)10-14)25-9-8-15-13-26-19-11-16(22)5-6-17(15)19/h4-7,10-11,13,26H,8-9,12H2,1-3H3,(H2,24,25,27). The number of hydrogen-bond acceptors (Lipinski definition) is 2. The summed E-state index contributed by atoms with van der Waals surface area (Å²) in [5.74, 6) is 0.143. The molecule has 0 bridgehead atoms. The molecule has 1 aromatic heterocycles. The first-order valence-corrected chi connectivity index (χ1v) is 9.13. The van der Waals surface area contributed by atoms with Crippen LogP contribution in [0.2, 0.25) is 0 Å². The number of aromatic nitrogens is 1. The Balaban J connectivity index is 1.53. The van der Waals surface area contributed by atoms with Crippen molar-refractivity contribution in [3.8, 4) is 0 Å². The Morgan fingerprint density at radius 1 is 1.11 bits per heavy atom. The Kier molecular flexibility index (Phi) is 6.13. The number of hydrogen-bond donors (Lipinski definition) is 3. The molecule has 7 heteroatoms. The van der Waals surface area contributed by atoms with Crippen LogP contribution >= 0.6 is 0 Å². The highest BCUT2D eigenvalue weighted by molar-refractivity contribution is 5.83. The van der Waals surface area contributed by atoms with Crippen LogP contribution in [0.3, 0.4) is 0 Å². The van der Waals surface area contributed by atoms with Gasteiger partial charge in [0, 0.05) is 51.3 Å². The lowest BCUT2D eigenvalue weighted by Crippen LogP contribution is -2.37. The lowest BCUT2D eigenvalue weighted by molar-refractivity contribution is 0.623. The lowest BCUT2D eigenvalue weighted by Gasteiger charge is -2.15. The van der Waals surface area contributed by atoms with Gasteiger partial charge in [-0.2, -0.15) is 0 Å². The number of nitrogens with zero attached hydrogens (tertiary/aromatic N) is 2. The van der Waals surface area contributed by atoms with Crippen molar-refractivity contribution in [2.45, 2.75) is 13.0 Å². The minimum Gasteiger partial charge on any atom is -0.375 e. The number of rotatable bonds is 6. The van der Waals surface area contributed by atoms with Crippen LogP contribution in [0.1, 0.15) is 11.1 Å². The molecular formula is C21H25F2N5. The Hall–Kier alpha value is -3.09. The van der Waals surface area contributed by atoms with E-state index in [1.807, 2.05) is 26.4 Å². The van der Waals surface area contributed by atoms with Crippen molar-refractivity contribution >= 4 is 22.5 Å². The second-order valence-electron chi connectivity index (χ2n) is 6.79. The van der Waals surface area contributed by atoms with E-state index in [1.54, 1.807) is 24.1 Å². The van der Waals surface area contributed by atoms with Crippen molar-refractivity contribution in [3.63, 3.8) is 0 Å². The zero-order chi connectivity index (χ0) is 20.1. The maximum Gasteiger partial charge on any atom is 0.191 e. The normalized spacial score (nSPS) is 11.7. The molecule has 0 aliphatic heterocycles. The van der Waals surface area contributed by atoms with E-state index in [4.69, 9.17) is 0 Å². The van der Waals surface area contributed by atoms with Gasteiger partial charge in [0.25, 0.3) is 0 Å². The van der Waals surface area contributed by atoms with Crippen LogP contribution in [0.4, 0.5) is 14.5 Å². The van der Waals surface area contributed by atoms with Crippen molar-refractivity contribution in [1.82, 2.24) is 15.6 Å². The molecule has 0 aliphatic carbocycles. The average Bonchev–Trinajstić information content (AvgIpc) is 3.06. The highest BCUT2D eigenvalue weighted by atomic mass is 19.1. The third kappa shape index (κ3) is 4.60. The summed E-state index contributed by atoms with van der Waals surface area (Å²) in [5.41, 5.74) is 3.30. The van der Waals surface area contributed by atoms with Crippen LogP contribution in [0, 0.1) is 11.6 Å². The zero-order valence-electron chi connectivity index (χ0n) is 16.3. The van der Waals surface area contributed by atoms with Gasteiger partial charge in [0.2, 0.25) is 0 Å². The maximum absolute atomic E-state index is 14.1. The molecule has 0 fully saturated rings. The first-order valence-electron chi connectivity index (χ1n) is 9.13. The Labute approximate surface area is 163 Å². The maximum atomic E-state index is 14.1. The van der Waals surface area contributed by atoms with Gasteiger partial charge in [-0.15, -0.1) is 0 Å². The first-order chi connectivity index (χ1) is 13.5. The van der Waals surface area contributed by atoms with Crippen LogP contribution in [0.15, 0.2) is 47.6 Å². The van der Waals surface area contributed by atoms with Gasteiger partial charge in [0.1, 0.15) is 11.6 Å². The van der Waals surface area contributed by atoms with Gasteiger partial charge in [-0.05, 0) is 47.9 Å². The molecule has 0 saturated heterocycles. The number of nitrogens with one attached hydrogen (secondary N) is 3. The number of guanidine groups is 1. The monoisotopic (exact) mass is 385 g/mol. The SMILES string of the molecule is CN=C(NCCc1c[nH]c2cc(F)ccc12)NCc1ccc(N(C)C)c(F)c1. The molecule has 148 valence electrons. The lowest BCUT2D eigenvalue weighted by atomic mass is 10.1. The number of benzene rings is 2. The molecule has 0 aliphatic rings. The van der Waals surface area contributed by atoms with E-state index in [9.17, 15) is 8.78 Å². The van der Waals surface area contributed by atoms with E-state index in [0.29, 0.717) is 24.7 Å². The predicted molar refractivity (Wildman–Crippen MR) is 111 cm³/mol. The average molecular weight is 385 g/mol. The Morgan fingerprint density at radius 2 is 1.93 bits per heavy atom. The molecule has 0 amide bonds. The summed E-state index contributed by atoms with van der Waals surface area (Å²) in [4.78, 5) is 9.03. The Bertz CT molecular complexity index is 978. The van der Waals surface area contributed by atoms with Gasteiger partial charge in [0.15, 0.2) is 5.96 Å². The van der Waals surface area contributed by atoms with Gasteiger partial charge in [-0.1, -0.05) is 6.07 Å². The van der Waals surface area contributed by atoms with Crippen molar-refractivity contribution in [1.29, 1.82) is 0 Å². The zero-order valence-corrected chi connectivity index (χ0v) is 16.3. The molecule has 1 heterocycles. The van der Waals surface area contributed by atoms with Gasteiger partial charge in [-0.3, -0.25) is 4.99 Å². The first kappa shape index (κ1) is 19.7. The van der Waals surface area contributed by atoms with E-state index >= 15 is 0 Å². The minimum atomic E-state index is -0.251. The topological polar surface area (TPSA) is 55.5 Å². The number of aliphatic imine (C=N–C) groups is 1. The molecule has 0 spiro atoms. The summed E-state index contributed by atoms with van der Waals surface area (Å²) in [6.45, 7) is 1.13. The van der Waals surface area contributed by atoms with E-state index in [-0.39, 0.29) is 11.6 Å². The third-order valence-corrected chi connectivity index (χ3v) is 4.59. The highest BCUT2D eigenvalue weighted by Crippen LogP contribution is 2.20.